The largest absolute Gasteiger partial charge is 0.373 e. The topological polar surface area (TPSA) is 102 Å². The van der Waals surface area contributed by atoms with E-state index >= 15 is 0 Å². The number of alkyl halides is 2. The van der Waals surface area contributed by atoms with Crippen LogP contribution in [0.5, 0.6) is 0 Å². The second kappa shape index (κ2) is 9.67. The molecule has 4 aromatic heterocycles. The third kappa shape index (κ3) is 5.38. The van der Waals surface area contributed by atoms with Gasteiger partial charge in [-0.25, -0.2) is 4.98 Å². The monoisotopic (exact) mass is 478 g/mol. The summed E-state index contributed by atoms with van der Waals surface area (Å²) in [4.78, 5) is 30.2. The number of carbonyl (C=O) groups is 1. The Labute approximate surface area is 200 Å². The lowest BCUT2D eigenvalue weighted by Gasteiger charge is -2.25. The average molecular weight is 479 g/mol. The summed E-state index contributed by atoms with van der Waals surface area (Å²) in [6, 6.07) is 8.58. The molecule has 8 nitrogen and oxygen atoms in total. The predicted molar refractivity (Wildman–Crippen MR) is 129 cm³/mol. The molecule has 0 fully saturated rings. The number of hydrogen-bond acceptors (Lipinski definition) is 7. The summed E-state index contributed by atoms with van der Waals surface area (Å²) in [5.74, 6) is 0.221. The Kier molecular flexibility index (Phi) is 6.65. The summed E-state index contributed by atoms with van der Waals surface area (Å²) < 4.78 is 30.2. The summed E-state index contributed by atoms with van der Waals surface area (Å²) in [7, 11) is 1.79. The first-order chi connectivity index (χ1) is 16.7. The molecular formula is C25H24F2N6O2. The van der Waals surface area contributed by atoms with Crippen LogP contribution in [0.3, 0.4) is 0 Å². The number of ether oxygens (including phenoxy) is 1. The van der Waals surface area contributed by atoms with Gasteiger partial charge in [-0.05, 0) is 50.6 Å². The first kappa shape index (κ1) is 24.1. The summed E-state index contributed by atoms with van der Waals surface area (Å²) in [6.45, 7) is 1.92. The van der Waals surface area contributed by atoms with Crippen LogP contribution in [0.1, 0.15) is 35.6 Å². The minimum atomic E-state index is -2.95. The van der Waals surface area contributed by atoms with E-state index in [9.17, 15) is 13.6 Å². The van der Waals surface area contributed by atoms with E-state index in [0.29, 0.717) is 11.3 Å². The van der Waals surface area contributed by atoms with E-state index in [0.717, 1.165) is 33.5 Å². The second-order valence-corrected chi connectivity index (χ2v) is 8.37. The van der Waals surface area contributed by atoms with E-state index in [-0.39, 0.29) is 5.69 Å². The zero-order valence-electron chi connectivity index (χ0n) is 19.6. The van der Waals surface area contributed by atoms with Crippen LogP contribution in [0.2, 0.25) is 0 Å². The van der Waals surface area contributed by atoms with Gasteiger partial charge in [-0.15, -0.1) is 0 Å². The van der Waals surface area contributed by atoms with Gasteiger partial charge in [0.2, 0.25) is 0 Å². The van der Waals surface area contributed by atoms with Crippen molar-refractivity contribution in [2.45, 2.75) is 33.0 Å². The van der Waals surface area contributed by atoms with Crippen molar-refractivity contribution >= 4 is 28.3 Å². The van der Waals surface area contributed by atoms with Gasteiger partial charge < -0.3 is 15.4 Å². The van der Waals surface area contributed by atoms with Crippen LogP contribution in [0.4, 0.5) is 20.3 Å². The van der Waals surface area contributed by atoms with E-state index < -0.39 is 18.1 Å². The van der Waals surface area contributed by atoms with Crippen LogP contribution in [-0.4, -0.2) is 39.5 Å². The van der Waals surface area contributed by atoms with Gasteiger partial charge in [0.25, 0.3) is 5.91 Å². The number of carbonyl (C=O) groups excluding carboxylic acids is 1. The van der Waals surface area contributed by atoms with E-state index in [2.05, 4.69) is 35.3 Å². The molecule has 35 heavy (non-hydrogen) atoms. The lowest BCUT2D eigenvalue weighted by molar-refractivity contribution is -0.200. The molecule has 0 aromatic carbocycles. The fourth-order valence-corrected chi connectivity index (χ4v) is 3.62. The van der Waals surface area contributed by atoms with Crippen LogP contribution >= 0.6 is 0 Å². The Morgan fingerprint density at radius 3 is 2.57 bits per heavy atom. The number of anilines is 2. The maximum atomic E-state index is 12.9. The van der Waals surface area contributed by atoms with E-state index in [1.807, 2.05) is 19.1 Å². The first-order valence-electron chi connectivity index (χ1n) is 10.8. The molecule has 0 saturated heterocycles. The van der Waals surface area contributed by atoms with Crippen LogP contribution in [-0.2, 0) is 10.3 Å². The molecular weight excluding hydrogens is 454 g/mol. The lowest BCUT2D eigenvalue weighted by Crippen LogP contribution is -2.25. The minimum Gasteiger partial charge on any atom is -0.373 e. The number of hydrogen-bond donors (Lipinski definition) is 2. The molecule has 10 heteroatoms. The molecule has 0 bridgehead atoms. The Morgan fingerprint density at radius 2 is 1.83 bits per heavy atom. The summed E-state index contributed by atoms with van der Waals surface area (Å²) >= 11 is 0. The highest BCUT2D eigenvalue weighted by Gasteiger charge is 2.27. The highest BCUT2D eigenvalue weighted by Crippen LogP contribution is 2.29. The molecule has 0 spiro atoms. The molecule has 180 valence electrons. The number of rotatable bonds is 7. The summed E-state index contributed by atoms with van der Waals surface area (Å²) in [6.07, 6.45) is 6.41. The van der Waals surface area contributed by atoms with E-state index in [1.165, 1.54) is 32.2 Å². The molecule has 0 radical (unpaired) electrons. The molecule has 4 aromatic rings. The van der Waals surface area contributed by atoms with Crippen molar-refractivity contribution in [2.75, 3.05) is 17.7 Å². The summed E-state index contributed by atoms with van der Waals surface area (Å²) in [5, 5.41) is 6.63. The van der Waals surface area contributed by atoms with Gasteiger partial charge >= 0.3 is 6.61 Å². The molecule has 0 aliphatic carbocycles. The van der Waals surface area contributed by atoms with E-state index in [4.69, 9.17) is 0 Å². The average Bonchev–Trinajstić information content (AvgIpc) is 2.84. The van der Waals surface area contributed by atoms with Crippen LogP contribution in [0.15, 0.2) is 55.1 Å². The number of fused-ring (bicyclic) bond motifs is 1. The number of nitrogens with zero attached hydrogens (tertiary/aromatic N) is 4. The minimum absolute atomic E-state index is 0.0642. The highest BCUT2D eigenvalue weighted by atomic mass is 19.3. The number of aryl methyl sites for hydroxylation is 1. The van der Waals surface area contributed by atoms with Gasteiger partial charge in [0.15, 0.2) is 0 Å². The molecule has 0 saturated carbocycles. The fraction of sp³-hybridized carbons (Fsp3) is 0.240. The molecule has 0 aliphatic rings. The Morgan fingerprint density at radius 1 is 1.03 bits per heavy atom. The molecule has 0 aliphatic heterocycles. The number of nitrogens with one attached hydrogen (secondary N) is 2. The van der Waals surface area contributed by atoms with Crippen molar-refractivity contribution < 1.29 is 18.3 Å². The van der Waals surface area contributed by atoms with Crippen LogP contribution in [0, 0.1) is 6.92 Å². The maximum Gasteiger partial charge on any atom is 0.346 e. The van der Waals surface area contributed by atoms with Crippen LogP contribution in [0.25, 0.3) is 22.0 Å². The van der Waals surface area contributed by atoms with Crippen molar-refractivity contribution in [1.82, 2.24) is 19.9 Å². The third-order valence-electron chi connectivity index (χ3n) is 5.55. The van der Waals surface area contributed by atoms with E-state index in [1.54, 1.807) is 31.7 Å². The zero-order chi connectivity index (χ0) is 25.2. The zero-order valence-corrected chi connectivity index (χ0v) is 19.6. The molecule has 4 heterocycles. The van der Waals surface area contributed by atoms with Crippen molar-refractivity contribution in [1.29, 1.82) is 0 Å². The molecule has 1 amide bonds. The molecule has 2 N–H and O–H groups in total. The maximum absolute atomic E-state index is 12.9. The normalized spacial score (nSPS) is 11.6. The quantitative estimate of drug-likeness (QED) is 0.378. The molecule has 0 unspecified atom stereocenters. The Hall–Kier alpha value is -4.05. The SMILES string of the molecule is CNc1cc2ncc(-c3cc(NC(=O)c4cc(C(C)(C)OC(F)F)ccn4)cnc3C)cc2cn1. The smallest absolute Gasteiger partial charge is 0.346 e. The number of halogens is 2. The van der Waals surface area contributed by atoms with Gasteiger partial charge in [-0.1, -0.05) is 0 Å². The molecule has 4 rings (SSSR count). The second-order valence-electron chi connectivity index (χ2n) is 8.37. The van der Waals surface area contributed by atoms with Crippen molar-refractivity contribution in [2.24, 2.45) is 0 Å². The molecule has 0 atom stereocenters. The lowest BCUT2D eigenvalue weighted by atomic mass is 9.98. The van der Waals surface area contributed by atoms with Gasteiger partial charge in [-0.3, -0.25) is 19.7 Å². The van der Waals surface area contributed by atoms with Gasteiger partial charge in [0.1, 0.15) is 11.5 Å². The number of amides is 1. The Bertz CT molecular complexity index is 1390. The Balaban J connectivity index is 1.60. The van der Waals surface area contributed by atoms with Crippen molar-refractivity contribution in [3.63, 3.8) is 0 Å². The predicted octanol–water partition coefficient (Wildman–Crippen LogP) is 5.16. The van der Waals surface area contributed by atoms with Crippen molar-refractivity contribution in [3.05, 3.63) is 72.1 Å². The van der Waals surface area contributed by atoms with Gasteiger partial charge in [-0.2, -0.15) is 8.78 Å². The third-order valence-corrected chi connectivity index (χ3v) is 5.55. The number of pyridine rings is 4. The van der Waals surface area contributed by atoms with Gasteiger partial charge in [0.05, 0.1) is 23.0 Å². The standard InChI is InChI=1S/C25H24F2N6O2/c1-14-19(15-7-16-12-32-22(28-4)10-20(16)31-11-15)9-18(13-30-14)33-23(34)21-8-17(5-6-29-21)25(2,3)35-24(26)27/h5-13,24H,1-4H3,(H,28,32)(H,33,34). The van der Waals surface area contributed by atoms with Gasteiger partial charge in [0, 0.05) is 53.9 Å². The number of aromatic nitrogens is 4. The first-order valence-corrected chi connectivity index (χ1v) is 10.8. The fourth-order valence-electron chi connectivity index (χ4n) is 3.62. The highest BCUT2D eigenvalue weighted by molar-refractivity contribution is 6.03. The van der Waals surface area contributed by atoms with Crippen molar-refractivity contribution in [3.8, 4) is 11.1 Å². The van der Waals surface area contributed by atoms with Crippen LogP contribution < -0.4 is 10.6 Å². The summed E-state index contributed by atoms with van der Waals surface area (Å²) in [5.41, 5.74) is 2.80.